The van der Waals surface area contributed by atoms with E-state index in [0.717, 1.165) is 35.1 Å². The first-order valence-corrected chi connectivity index (χ1v) is 8.38. The van der Waals surface area contributed by atoms with Crippen molar-refractivity contribution in [3.8, 4) is 0 Å². The zero-order valence-corrected chi connectivity index (χ0v) is 17.5. The molecular formula is C15H24Br2Cl2N2. The van der Waals surface area contributed by atoms with Crippen molar-refractivity contribution in [2.24, 2.45) is 5.41 Å². The Labute approximate surface area is 157 Å². The zero-order chi connectivity index (χ0) is 14.0. The third-order valence-electron chi connectivity index (χ3n) is 3.60. The second-order valence-corrected chi connectivity index (χ2v) is 7.94. The molecule has 1 atom stereocenters. The van der Waals surface area contributed by atoms with Crippen LogP contribution in [0.1, 0.15) is 32.4 Å². The Kier molecular flexibility index (Phi) is 9.39. The van der Waals surface area contributed by atoms with E-state index in [0.29, 0.717) is 6.04 Å². The Morgan fingerprint density at radius 3 is 2.10 bits per heavy atom. The summed E-state index contributed by atoms with van der Waals surface area (Å²) in [5, 5.41) is 3.43. The van der Waals surface area contributed by atoms with Crippen LogP contribution >= 0.6 is 56.7 Å². The van der Waals surface area contributed by atoms with E-state index in [1.54, 1.807) is 0 Å². The van der Waals surface area contributed by atoms with Crippen LogP contribution in [-0.2, 0) is 0 Å². The lowest BCUT2D eigenvalue weighted by atomic mass is 9.81. The van der Waals surface area contributed by atoms with Crippen LogP contribution in [0.3, 0.4) is 0 Å². The van der Waals surface area contributed by atoms with Gasteiger partial charge in [-0.15, -0.1) is 24.8 Å². The number of nitrogens with one attached hydrogen (secondary N) is 1. The highest BCUT2D eigenvalue weighted by Crippen LogP contribution is 2.39. The summed E-state index contributed by atoms with van der Waals surface area (Å²) in [7, 11) is 0. The van der Waals surface area contributed by atoms with Crippen molar-refractivity contribution < 1.29 is 0 Å². The molecule has 1 N–H and O–H groups in total. The number of hydrogen-bond acceptors (Lipinski definition) is 2. The Hall–Kier alpha value is 0.680. The van der Waals surface area contributed by atoms with Gasteiger partial charge in [0.15, 0.2) is 0 Å². The second-order valence-electron chi connectivity index (χ2n) is 6.23. The molecule has 21 heavy (non-hydrogen) atoms. The molecule has 0 aromatic heterocycles. The predicted octanol–water partition coefficient (Wildman–Crippen LogP) is 5.05. The average molecular weight is 463 g/mol. The molecule has 0 aliphatic carbocycles. The smallest absolute Gasteiger partial charge is 0.0397 e. The third kappa shape index (κ3) is 5.67. The van der Waals surface area contributed by atoms with Crippen molar-refractivity contribution in [1.29, 1.82) is 0 Å². The zero-order valence-electron chi connectivity index (χ0n) is 12.7. The molecule has 0 amide bonds. The van der Waals surface area contributed by atoms with Gasteiger partial charge in [-0.2, -0.15) is 0 Å². The SMILES string of the molecule is CC(C)(C)[C@@H](c1ccc(Br)c(Br)c1)N1CCNCC1.Cl.Cl. The van der Waals surface area contributed by atoms with Crippen LogP contribution in [0.5, 0.6) is 0 Å². The molecule has 6 heteroatoms. The van der Waals surface area contributed by atoms with Crippen LogP contribution in [0.25, 0.3) is 0 Å². The fourth-order valence-corrected chi connectivity index (χ4v) is 3.52. The van der Waals surface area contributed by atoms with Gasteiger partial charge in [0.2, 0.25) is 0 Å². The molecule has 0 unspecified atom stereocenters. The number of benzene rings is 1. The maximum Gasteiger partial charge on any atom is 0.0397 e. The van der Waals surface area contributed by atoms with E-state index in [2.05, 4.69) is 81.0 Å². The van der Waals surface area contributed by atoms with E-state index in [9.17, 15) is 0 Å². The predicted molar refractivity (Wildman–Crippen MR) is 103 cm³/mol. The van der Waals surface area contributed by atoms with Crippen LogP contribution < -0.4 is 5.32 Å². The minimum atomic E-state index is 0. The van der Waals surface area contributed by atoms with Gasteiger partial charge in [0.1, 0.15) is 0 Å². The van der Waals surface area contributed by atoms with Gasteiger partial charge >= 0.3 is 0 Å². The normalized spacial score (nSPS) is 17.6. The molecule has 1 aliphatic rings. The minimum absolute atomic E-state index is 0. The summed E-state index contributed by atoms with van der Waals surface area (Å²) in [5.41, 5.74) is 1.62. The van der Waals surface area contributed by atoms with E-state index in [1.165, 1.54) is 5.56 Å². The maximum absolute atomic E-state index is 3.63. The molecule has 1 aliphatic heterocycles. The Bertz CT molecular complexity index is 444. The molecule has 1 fully saturated rings. The van der Waals surface area contributed by atoms with E-state index < -0.39 is 0 Å². The van der Waals surface area contributed by atoms with Gasteiger partial charge in [0.05, 0.1) is 0 Å². The molecule has 0 spiro atoms. The lowest BCUT2D eigenvalue weighted by Crippen LogP contribution is -2.48. The molecule has 2 rings (SSSR count). The van der Waals surface area contributed by atoms with Gasteiger partial charge in [-0.1, -0.05) is 26.8 Å². The molecular weight excluding hydrogens is 439 g/mol. The first-order valence-electron chi connectivity index (χ1n) is 6.79. The molecule has 0 radical (unpaired) electrons. The van der Waals surface area contributed by atoms with Crippen LogP contribution in [0.15, 0.2) is 27.1 Å². The number of piperazine rings is 1. The van der Waals surface area contributed by atoms with Crippen molar-refractivity contribution in [2.75, 3.05) is 26.2 Å². The third-order valence-corrected chi connectivity index (χ3v) is 5.48. The summed E-state index contributed by atoms with van der Waals surface area (Å²) in [6.45, 7) is 11.4. The summed E-state index contributed by atoms with van der Waals surface area (Å²) in [6, 6.07) is 7.09. The van der Waals surface area contributed by atoms with Gasteiger partial charge in [0, 0.05) is 41.2 Å². The molecule has 1 aromatic rings. The van der Waals surface area contributed by atoms with Crippen molar-refractivity contribution in [2.45, 2.75) is 26.8 Å². The fraction of sp³-hybridized carbons (Fsp3) is 0.600. The van der Waals surface area contributed by atoms with Crippen LogP contribution in [0, 0.1) is 5.41 Å². The Morgan fingerprint density at radius 2 is 1.62 bits per heavy atom. The molecule has 1 aromatic carbocycles. The van der Waals surface area contributed by atoms with Crippen molar-refractivity contribution in [3.63, 3.8) is 0 Å². The summed E-state index contributed by atoms with van der Waals surface area (Å²) < 4.78 is 2.25. The fourth-order valence-electron chi connectivity index (χ4n) is 2.88. The molecule has 0 saturated carbocycles. The quantitative estimate of drug-likeness (QED) is 0.661. The Balaban J connectivity index is 0.00000200. The second kappa shape index (κ2) is 9.09. The number of hydrogen-bond donors (Lipinski definition) is 1. The number of rotatable bonds is 2. The van der Waals surface area contributed by atoms with Crippen LogP contribution in [-0.4, -0.2) is 31.1 Å². The topological polar surface area (TPSA) is 15.3 Å². The monoisotopic (exact) mass is 460 g/mol. The van der Waals surface area contributed by atoms with Crippen molar-refractivity contribution in [3.05, 3.63) is 32.7 Å². The van der Waals surface area contributed by atoms with Crippen molar-refractivity contribution >= 4 is 56.7 Å². The average Bonchev–Trinajstić information content (AvgIpc) is 2.34. The van der Waals surface area contributed by atoms with Gasteiger partial charge in [0.25, 0.3) is 0 Å². The number of halogens is 4. The largest absolute Gasteiger partial charge is 0.314 e. The molecule has 2 nitrogen and oxygen atoms in total. The lowest BCUT2D eigenvalue weighted by Gasteiger charge is -2.42. The summed E-state index contributed by atoms with van der Waals surface area (Å²) in [6.07, 6.45) is 0. The highest BCUT2D eigenvalue weighted by molar-refractivity contribution is 9.13. The van der Waals surface area contributed by atoms with E-state index in [1.807, 2.05) is 0 Å². The van der Waals surface area contributed by atoms with Crippen molar-refractivity contribution in [1.82, 2.24) is 10.2 Å². The molecule has 1 heterocycles. The summed E-state index contributed by atoms with van der Waals surface area (Å²) in [4.78, 5) is 2.60. The molecule has 1 saturated heterocycles. The van der Waals surface area contributed by atoms with Crippen LogP contribution in [0.2, 0.25) is 0 Å². The molecule has 0 bridgehead atoms. The minimum Gasteiger partial charge on any atom is -0.314 e. The van der Waals surface area contributed by atoms with E-state index in [4.69, 9.17) is 0 Å². The molecule has 122 valence electrons. The van der Waals surface area contributed by atoms with E-state index in [-0.39, 0.29) is 30.2 Å². The van der Waals surface area contributed by atoms with Gasteiger partial charge in [-0.3, -0.25) is 4.90 Å². The first-order chi connectivity index (χ1) is 8.89. The summed E-state index contributed by atoms with van der Waals surface area (Å²) >= 11 is 7.18. The Morgan fingerprint density at radius 1 is 1.05 bits per heavy atom. The summed E-state index contributed by atoms with van der Waals surface area (Å²) in [5.74, 6) is 0. The van der Waals surface area contributed by atoms with Gasteiger partial charge < -0.3 is 5.32 Å². The van der Waals surface area contributed by atoms with E-state index >= 15 is 0 Å². The number of nitrogens with zero attached hydrogens (tertiary/aromatic N) is 1. The van der Waals surface area contributed by atoms with Crippen LogP contribution in [0.4, 0.5) is 0 Å². The first kappa shape index (κ1) is 21.7. The maximum atomic E-state index is 3.63. The van der Waals surface area contributed by atoms with Gasteiger partial charge in [-0.25, -0.2) is 0 Å². The lowest BCUT2D eigenvalue weighted by molar-refractivity contribution is 0.0862. The standard InChI is InChI=1S/C15H22Br2N2.2ClH/c1-15(2,3)14(19-8-6-18-7-9-19)11-4-5-12(16)13(17)10-11;;/h4-5,10,14,18H,6-9H2,1-3H3;2*1H/t14-;;/m1../s1. The van der Waals surface area contributed by atoms with Gasteiger partial charge in [-0.05, 0) is 55.0 Å². The highest BCUT2D eigenvalue weighted by atomic mass is 79.9. The highest BCUT2D eigenvalue weighted by Gasteiger charge is 2.32.